The number of rotatable bonds is 9. The number of amides is 1. The number of nitrogens with zero attached hydrogens (tertiary/aromatic N) is 4. The van der Waals surface area contributed by atoms with Crippen molar-refractivity contribution in [3.63, 3.8) is 0 Å². The van der Waals surface area contributed by atoms with Gasteiger partial charge in [0.2, 0.25) is 5.91 Å². The Morgan fingerprint density at radius 2 is 1.51 bits per heavy atom. The van der Waals surface area contributed by atoms with Crippen LogP contribution in [0, 0.1) is 5.92 Å². The van der Waals surface area contributed by atoms with E-state index < -0.39 is 0 Å². The van der Waals surface area contributed by atoms with Gasteiger partial charge in [-0.2, -0.15) is 0 Å². The number of piperazine rings is 1. The lowest BCUT2D eigenvalue weighted by Gasteiger charge is -2.34. The Bertz CT molecular complexity index is 1100. The van der Waals surface area contributed by atoms with Crippen molar-refractivity contribution in [3.05, 3.63) is 95.8 Å². The molecule has 0 spiro atoms. The minimum absolute atomic E-state index is 0.221. The zero-order valence-corrected chi connectivity index (χ0v) is 21.7. The van der Waals surface area contributed by atoms with Gasteiger partial charge in [-0.25, -0.2) is 0 Å². The fourth-order valence-electron chi connectivity index (χ4n) is 5.33. The zero-order chi connectivity index (χ0) is 25.3. The molecule has 3 heterocycles. The highest BCUT2D eigenvalue weighted by Crippen LogP contribution is 2.21. The fraction of sp³-hybridized carbons (Fsp3) is 0.419. The minimum atomic E-state index is 0.221. The van der Waals surface area contributed by atoms with E-state index in [-0.39, 0.29) is 5.91 Å². The SMILES string of the molecule is O=C(Cc1ccccc1)N1CCCC(COc2ccc(CN3CCN(Cc4cccnc4)CC3)cc2)C1. The highest BCUT2D eigenvalue weighted by molar-refractivity contribution is 5.78. The van der Waals surface area contributed by atoms with Crippen molar-refractivity contribution in [2.75, 3.05) is 45.9 Å². The van der Waals surface area contributed by atoms with Gasteiger partial charge in [0.05, 0.1) is 13.0 Å². The standard InChI is InChI=1S/C31H38N4O2/c36-31(20-26-6-2-1-3-7-26)35-15-5-9-29(24-35)25-37-30-12-10-27(11-13-30)22-33-16-18-34(19-17-33)23-28-8-4-14-32-21-28/h1-4,6-8,10-14,21,29H,5,9,15-20,22-25H2. The van der Waals surface area contributed by atoms with Crippen LogP contribution in [0.2, 0.25) is 0 Å². The van der Waals surface area contributed by atoms with Crippen LogP contribution in [0.25, 0.3) is 0 Å². The minimum Gasteiger partial charge on any atom is -0.493 e. The highest BCUT2D eigenvalue weighted by Gasteiger charge is 2.24. The third-order valence-corrected chi connectivity index (χ3v) is 7.48. The Morgan fingerprint density at radius 3 is 2.22 bits per heavy atom. The monoisotopic (exact) mass is 498 g/mol. The van der Waals surface area contributed by atoms with E-state index >= 15 is 0 Å². The third kappa shape index (κ3) is 7.63. The molecule has 0 N–H and O–H groups in total. The molecular formula is C31H38N4O2. The maximum Gasteiger partial charge on any atom is 0.227 e. The Kier molecular flexibility index (Phi) is 8.82. The molecule has 2 saturated heterocycles. The average molecular weight is 499 g/mol. The van der Waals surface area contributed by atoms with Crippen LogP contribution in [0.15, 0.2) is 79.1 Å². The Balaban J connectivity index is 1.03. The van der Waals surface area contributed by atoms with Crippen molar-refractivity contribution in [3.8, 4) is 5.75 Å². The molecule has 6 nitrogen and oxygen atoms in total. The number of piperidine rings is 1. The van der Waals surface area contributed by atoms with E-state index in [0.717, 1.165) is 76.5 Å². The number of carbonyl (C=O) groups excluding carboxylic acids is 1. The first kappa shape index (κ1) is 25.4. The summed E-state index contributed by atoms with van der Waals surface area (Å²) in [6, 6.07) is 22.7. The first-order valence-corrected chi connectivity index (χ1v) is 13.6. The lowest BCUT2D eigenvalue weighted by atomic mass is 9.98. The molecule has 2 aromatic carbocycles. The maximum atomic E-state index is 12.8. The number of pyridine rings is 1. The van der Waals surface area contributed by atoms with E-state index in [1.807, 2.05) is 53.7 Å². The van der Waals surface area contributed by atoms with Gasteiger partial charge in [-0.3, -0.25) is 19.6 Å². The first-order valence-electron chi connectivity index (χ1n) is 13.6. The zero-order valence-electron chi connectivity index (χ0n) is 21.7. The molecule has 0 radical (unpaired) electrons. The molecule has 6 heteroatoms. The quantitative estimate of drug-likeness (QED) is 0.441. The van der Waals surface area contributed by atoms with Gasteiger partial charge in [-0.15, -0.1) is 0 Å². The van der Waals surface area contributed by atoms with Crippen molar-refractivity contribution in [1.29, 1.82) is 0 Å². The molecule has 37 heavy (non-hydrogen) atoms. The first-order chi connectivity index (χ1) is 18.2. The number of benzene rings is 2. The summed E-state index contributed by atoms with van der Waals surface area (Å²) in [4.78, 5) is 24.0. The van der Waals surface area contributed by atoms with E-state index in [0.29, 0.717) is 18.9 Å². The van der Waals surface area contributed by atoms with Crippen LogP contribution in [0.1, 0.15) is 29.5 Å². The molecule has 1 amide bonds. The second-order valence-electron chi connectivity index (χ2n) is 10.4. The molecular weight excluding hydrogens is 460 g/mol. The van der Waals surface area contributed by atoms with E-state index in [4.69, 9.17) is 4.74 Å². The molecule has 2 aliphatic heterocycles. The van der Waals surface area contributed by atoms with Crippen molar-refractivity contribution >= 4 is 5.91 Å². The van der Waals surface area contributed by atoms with Gasteiger partial charge in [-0.05, 0) is 47.7 Å². The largest absolute Gasteiger partial charge is 0.493 e. The topological polar surface area (TPSA) is 48.9 Å². The summed E-state index contributed by atoms with van der Waals surface area (Å²) in [6.45, 7) is 8.60. The molecule has 1 aromatic heterocycles. The summed E-state index contributed by atoms with van der Waals surface area (Å²) >= 11 is 0. The summed E-state index contributed by atoms with van der Waals surface area (Å²) in [6.07, 6.45) is 6.43. The van der Waals surface area contributed by atoms with Crippen molar-refractivity contribution < 1.29 is 9.53 Å². The van der Waals surface area contributed by atoms with Crippen molar-refractivity contribution in [2.24, 2.45) is 5.92 Å². The highest BCUT2D eigenvalue weighted by atomic mass is 16.5. The van der Waals surface area contributed by atoms with Gasteiger partial charge in [-0.1, -0.05) is 48.5 Å². The predicted octanol–water partition coefficient (Wildman–Crippen LogP) is 4.26. The van der Waals surface area contributed by atoms with Gasteiger partial charge < -0.3 is 9.64 Å². The van der Waals surface area contributed by atoms with E-state index in [9.17, 15) is 4.79 Å². The second kappa shape index (κ2) is 12.8. The number of hydrogen-bond donors (Lipinski definition) is 0. The summed E-state index contributed by atoms with van der Waals surface area (Å²) in [5.74, 6) is 1.52. The molecule has 0 aliphatic carbocycles. The lowest BCUT2D eigenvalue weighted by molar-refractivity contribution is -0.132. The molecule has 0 bridgehead atoms. The maximum absolute atomic E-state index is 12.8. The molecule has 5 rings (SSSR count). The van der Waals surface area contributed by atoms with Crippen LogP contribution in [-0.2, 0) is 24.3 Å². The molecule has 2 fully saturated rings. The molecule has 194 valence electrons. The van der Waals surface area contributed by atoms with Crippen LogP contribution in [0.4, 0.5) is 0 Å². The summed E-state index contributed by atoms with van der Waals surface area (Å²) in [7, 11) is 0. The van der Waals surface area contributed by atoms with Crippen LogP contribution >= 0.6 is 0 Å². The average Bonchev–Trinajstić information content (AvgIpc) is 2.95. The summed E-state index contributed by atoms with van der Waals surface area (Å²) in [5.41, 5.74) is 3.69. The predicted molar refractivity (Wildman–Crippen MR) is 146 cm³/mol. The molecule has 2 aliphatic rings. The van der Waals surface area contributed by atoms with Crippen molar-refractivity contribution in [2.45, 2.75) is 32.4 Å². The van der Waals surface area contributed by atoms with Crippen molar-refractivity contribution in [1.82, 2.24) is 19.7 Å². The molecule has 1 unspecified atom stereocenters. The lowest BCUT2D eigenvalue weighted by Crippen LogP contribution is -2.45. The fourth-order valence-corrected chi connectivity index (χ4v) is 5.33. The van der Waals surface area contributed by atoms with Gasteiger partial charge in [0, 0.05) is 70.7 Å². The number of ether oxygens (including phenoxy) is 1. The van der Waals surface area contributed by atoms with Gasteiger partial charge in [0.1, 0.15) is 5.75 Å². The Labute approximate surface area is 220 Å². The number of hydrogen-bond acceptors (Lipinski definition) is 5. The normalized spacial score (nSPS) is 19.0. The van der Waals surface area contributed by atoms with E-state index in [1.165, 1.54) is 11.1 Å². The third-order valence-electron chi connectivity index (χ3n) is 7.48. The van der Waals surface area contributed by atoms with Gasteiger partial charge in [0.25, 0.3) is 0 Å². The van der Waals surface area contributed by atoms with Gasteiger partial charge >= 0.3 is 0 Å². The number of aromatic nitrogens is 1. The smallest absolute Gasteiger partial charge is 0.227 e. The number of carbonyl (C=O) groups is 1. The molecule has 3 aromatic rings. The number of likely N-dealkylation sites (tertiary alicyclic amines) is 1. The molecule has 1 atom stereocenters. The van der Waals surface area contributed by atoms with E-state index in [1.54, 1.807) is 0 Å². The van der Waals surface area contributed by atoms with Crippen LogP contribution in [0.5, 0.6) is 5.75 Å². The molecule has 0 saturated carbocycles. The summed E-state index contributed by atoms with van der Waals surface area (Å²) in [5, 5.41) is 0. The van der Waals surface area contributed by atoms with Crippen LogP contribution < -0.4 is 4.74 Å². The van der Waals surface area contributed by atoms with Crippen LogP contribution in [-0.4, -0.2) is 71.5 Å². The summed E-state index contributed by atoms with van der Waals surface area (Å²) < 4.78 is 6.14. The van der Waals surface area contributed by atoms with Crippen LogP contribution in [0.3, 0.4) is 0 Å². The van der Waals surface area contributed by atoms with E-state index in [2.05, 4.69) is 45.1 Å². The Hall–Kier alpha value is -3.22. The Morgan fingerprint density at radius 1 is 0.811 bits per heavy atom. The van der Waals surface area contributed by atoms with Gasteiger partial charge in [0.15, 0.2) is 0 Å². The second-order valence-corrected chi connectivity index (χ2v) is 10.4.